The van der Waals surface area contributed by atoms with Crippen molar-refractivity contribution in [2.45, 2.75) is 46.6 Å². The Balaban J connectivity index is 1.45. The molecule has 0 bridgehead atoms. The summed E-state index contributed by atoms with van der Waals surface area (Å²) in [5, 5.41) is 3.01. The van der Waals surface area contributed by atoms with E-state index >= 15 is 0 Å². The van der Waals surface area contributed by atoms with Gasteiger partial charge in [-0.2, -0.15) is 0 Å². The Hall–Kier alpha value is -3.55. The number of likely N-dealkylation sites (tertiary alicyclic amines) is 1. The van der Waals surface area contributed by atoms with Crippen molar-refractivity contribution in [1.82, 2.24) is 10.2 Å². The third-order valence-electron chi connectivity index (χ3n) is 5.98. The molecular weight excluding hydrogens is 436 g/mol. The fourth-order valence-corrected chi connectivity index (χ4v) is 3.83. The second kappa shape index (κ2) is 11.5. The predicted molar refractivity (Wildman–Crippen MR) is 127 cm³/mol. The Morgan fingerprint density at radius 1 is 0.971 bits per heavy atom. The molecule has 1 aliphatic rings. The Morgan fingerprint density at radius 2 is 1.62 bits per heavy atom. The average molecular weight is 469 g/mol. The maximum Gasteiger partial charge on any atom is 0.513 e. The van der Waals surface area contributed by atoms with Crippen molar-refractivity contribution in [3.8, 4) is 11.5 Å². The van der Waals surface area contributed by atoms with E-state index in [4.69, 9.17) is 14.2 Å². The Labute approximate surface area is 200 Å². The predicted octanol–water partition coefficient (Wildman–Crippen LogP) is 3.95. The van der Waals surface area contributed by atoms with Crippen molar-refractivity contribution < 1.29 is 28.6 Å². The van der Waals surface area contributed by atoms with Crippen LogP contribution in [0, 0.1) is 20.8 Å². The molecule has 1 saturated heterocycles. The van der Waals surface area contributed by atoms with Gasteiger partial charge in [0, 0.05) is 24.7 Å². The van der Waals surface area contributed by atoms with Gasteiger partial charge in [-0.15, -0.1) is 0 Å². The van der Waals surface area contributed by atoms with E-state index in [1.807, 2.05) is 32.9 Å². The van der Waals surface area contributed by atoms with Crippen LogP contribution < -0.4 is 14.8 Å². The quantitative estimate of drug-likeness (QED) is 0.489. The second-order valence-electron chi connectivity index (χ2n) is 8.38. The molecule has 0 radical (unpaired) electrons. The summed E-state index contributed by atoms with van der Waals surface area (Å²) in [6.45, 7) is 9.03. The summed E-state index contributed by atoms with van der Waals surface area (Å²) in [7, 11) is 0. The van der Waals surface area contributed by atoms with Crippen molar-refractivity contribution in [3.63, 3.8) is 0 Å². The molecule has 0 unspecified atom stereocenters. The number of amides is 2. The lowest BCUT2D eigenvalue weighted by Gasteiger charge is -2.32. The van der Waals surface area contributed by atoms with Gasteiger partial charge in [0.2, 0.25) is 0 Å². The van der Waals surface area contributed by atoms with Gasteiger partial charge in [-0.3, -0.25) is 9.59 Å². The third kappa shape index (κ3) is 6.50. The zero-order chi connectivity index (χ0) is 24.7. The van der Waals surface area contributed by atoms with Crippen LogP contribution in [0.25, 0.3) is 0 Å². The van der Waals surface area contributed by atoms with Crippen LogP contribution in [0.5, 0.6) is 11.5 Å². The van der Waals surface area contributed by atoms with E-state index in [2.05, 4.69) is 5.32 Å². The van der Waals surface area contributed by atoms with Crippen LogP contribution in [0.4, 0.5) is 4.79 Å². The van der Waals surface area contributed by atoms with Crippen molar-refractivity contribution in [2.75, 3.05) is 26.3 Å². The largest absolute Gasteiger partial charge is 0.513 e. The monoisotopic (exact) mass is 468 g/mol. The van der Waals surface area contributed by atoms with Gasteiger partial charge >= 0.3 is 6.16 Å². The maximum absolute atomic E-state index is 12.6. The van der Waals surface area contributed by atoms with Crippen LogP contribution in [0.15, 0.2) is 36.4 Å². The number of nitrogens with zero attached hydrogens (tertiary/aromatic N) is 1. The van der Waals surface area contributed by atoms with Crippen LogP contribution >= 0.6 is 0 Å². The molecule has 8 heteroatoms. The minimum atomic E-state index is -0.782. The number of carbonyl (C=O) groups excluding carboxylic acids is 3. The van der Waals surface area contributed by atoms with Gasteiger partial charge in [0.15, 0.2) is 6.61 Å². The number of ether oxygens (including phenoxy) is 3. The lowest BCUT2D eigenvalue weighted by Crippen LogP contribution is -2.47. The van der Waals surface area contributed by atoms with E-state index in [0.717, 1.165) is 22.4 Å². The highest BCUT2D eigenvalue weighted by molar-refractivity contribution is 5.94. The highest BCUT2D eigenvalue weighted by atomic mass is 16.7. The van der Waals surface area contributed by atoms with Gasteiger partial charge in [0.1, 0.15) is 11.5 Å². The summed E-state index contributed by atoms with van der Waals surface area (Å²) in [5.41, 5.74) is 3.66. The lowest BCUT2D eigenvalue weighted by atomic mass is 10.0. The number of nitrogens with one attached hydrogen (secondary N) is 1. The van der Waals surface area contributed by atoms with E-state index in [1.54, 1.807) is 36.1 Å². The van der Waals surface area contributed by atoms with Crippen LogP contribution in [0.1, 0.15) is 46.8 Å². The summed E-state index contributed by atoms with van der Waals surface area (Å²) in [6.07, 6.45) is 0.559. The van der Waals surface area contributed by atoms with Gasteiger partial charge in [-0.25, -0.2) is 4.79 Å². The molecule has 0 spiro atoms. The molecule has 8 nitrogen and oxygen atoms in total. The molecule has 182 valence electrons. The molecule has 1 N–H and O–H groups in total. The molecule has 0 aromatic heterocycles. The molecule has 34 heavy (non-hydrogen) atoms. The first-order valence-corrected chi connectivity index (χ1v) is 11.5. The molecular formula is C26H32N2O6. The standard InChI is InChI=1S/C26H32N2O6/c1-5-32-26(31)34-22-10-8-20(9-11-22)25(30)27-21-12-14-28(15-13-21)23(29)16-33-24-18(3)7-6-17(2)19(24)4/h6-11,21H,5,12-16H2,1-4H3,(H,27,30). The van der Waals surface area contributed by atoms with E-state index in [-0.39, 0.29) is 31.1 Å². The maximum atomic E-state index is 12.6. The number of aryl methyl sites for hydroxylation is 2. The van der Waals surface area contributed by atoms with Crippen molar-refractivity contribution >= 4 is 18.0 Å². The summed E-state index contributed by atoms with van der Waals surface area (Å²) in [5.74, 6) is 0.817. The van der Waals surface area contributed by atoms with Crippen LogP contribution in [-0.2, 0) is 9.53 Å². The van der Waals surface area contributed by atoms with Gasteiger partial charge < -0.3 is 24.4 Å². The number of hydrogen-bond donors (Lipinski definition) is 1. The molecule has 0 aliphatic carbocycles. The fraction of sp³-hybridized carbons (Fsp3) is 0.423. The number of carbonyl (C=O) groups is 3. The highest BCUT2D eigenvalue weighted by Gasteiger charge is 2.25. The minimum absolute atomic E-state index is 0.00236. The molecule has 2 amide bonds. The second-order valence-corrected chi connectivity index (χ2v) is 8.38. The van der Waals surface area contributed by atoms with Crippen molar-refractivity contribution in [3.05, 3.63) is 58.7 Å². The first-order valence-electron chi connectivity index (χ1n) is 11.5. The molecule has 1 heterocycles. The summed E-state index contributed by atoms with van der Waals surface area (Å²) >= 11 is 0. The highest BCUT2D eigenvalue weighted by Crippen LogP contribution is 2.26. The Morgan fingerprint density at radius 3 is 2.26 bits per heavy atom. The van der Waals surface area contributed by atoms with Crippen molar-refractivity contribution in [2.24, 2.45) is 0 Å². The zero-order valence-electron chi connectivity index (χ0n) is 20.2. The topological polar surface area (TPSA) is 94.2 Å². The zero-order valence-corrected chi connectivity index (χ0v) is 20.2. The van der Waals surface area contributed by atoms with Gasteiger partial charge in [0.25, 0.3) is 11.8 Å². The molecule has 2 aromatic carbocycles. The molecule has 1 fully saturated rings. The van der Waals surface area contributed by atoms with Gasteiger partial charge in [-0.1, -0.05) is 12.1 Å². The van der Waals surface area contributed by atoms with E-state index in [0.29, 0.717) is 37.2 Å². The van der Waals surface area contributed by atoms with Crippen molar-refractivity contribution in [1.29, 1.82) is 0 Å². The van der Waals surface area contributed by atoms with Gasteiger partial charge in [-0.05, 0) is 81.5 Å². The van der Waals surface area contributed by atoms with Crippen LogP contribution in [-0.4, -0.2) is 55.2 Å². The first kappa shape index (κ1) is 25.1. The van der Waals surface area contributed by atoms with E-state index in [9.17, 15) is 14.4 Å². The number of benzene rings is 2. The molecule has 3 rings (SSSR count). The lowest BCUT2D eigenvalue weighted by molar-refractivity contribution is -0.134. The smallest absolute Gasteiger partial charge is 0.483 e. The fourth-order valence-electron chi connectivity index (χ4n) is 3.83. The molecule has 0 atom stereocenters. The Kier molecular flexibility index (Phi) is 8.51. The first-order chi connectivity index (χ1) is 16.3. The third-order valence-corrected chi connectivity index (χ3v) is 5.98. The molecule has 0 saturated carbocycles. The normalized spacial score (nSPS) is 13.8. The number of piperidine rings is 1. The summed E-state index contributed by atoms with van der Waals surface area (Å²) < 4.78 is 15.6. The summed E-state index contributed by atoms with van der Waals surface area (Å²) in [6, 6.07) is 10.3. The Bertz CT molecular complexity index is 1030. The van der Waals surface area contributed by atoms with Gasteiger partial charge in [0.05, 0.1) is 6.61 Å². The van der Waals surface area contributed by atoms with Crippen LogP contribution in [0.3, 0.4) is 0 Å². The minimum Gasteiger partial charge on any atom is -0.483 e. The molecule has 1 aliphatic heterocycles. The number of hydrogen-bond acceptors (Lipinski definition) is 6. The van der Waals surface area contributed by atoms with E-state index < -0.39 is 6.16 Å². The average Bonchev–Trinajstić information content (AvgIpc) is 2.82. The molecule has 2 aromatic rings. The summed E-state index contributed by atoms with van der Waals surface area (Å²) in [4.78, 5) is 38.4. The van der Waals surface area contributed by atoms with E-state index in [1.165, 1.54) is 0 Å². The number of rotatable bonds is 7. The van der Waals surface area contributed by atoms with Crippen LogP contribution in [0.2, 0.25) is 0 Å². The SMILES string of the molecule is CCOC(=O)Oc1ccc(C(=O)NC2CCN(C(=O)COc3c(C)ccc(C)c3C)CC2)cc1.